The summed E-state index contributed by atoms with van der Waals surface area (Å²) in [5.41, 5.74) is 1.73. The summed E-state index contributed by atoms with van der Waals surface area (Å²) in [4.78, 5) is 48.1. The second kappa shape index (κ2) is 16.2. The molecule has 0 saturated heterocycles. The van der Waals surface area contributed by atoms with Gasteiger partial charge >= 0.3 is 23.9 Å². The zero-order valence-electron chi connectivity index (χ0n) is 22.0. The molecule has 0 radical (unpaired) electrons. The van der Waals surface area contributed by atoms with Crippen LogP contribution in [0, 0.1) is 0 Å². The SMILES string of the molecule is CC(=O)O[C@@H]([C@H](OC(C)=O)[C@@H](COCc1ccccc1)OC(C)=O)[C@H](COCc1ccccc1)OC(C)=O. The molecule has 38 heavy (non-hydrogen) atoms. The average Bonchev–Trinajstić information content (AvgIpc) is 2.85. The fraction of sp³-hybridized carbons (Fsp3) is 0.429. The molecule has 2 aromatic rings. The summed E-state index contributed by atoms with van der Waals surface area (Å²) in [6.45, 7) is 4.61. The Bertz CT molecular complexity index is 941. The van der Waals surface area contributed by atoms with E-state index in [2.05, 4.69) is 0 Å². The van der Waals surface area contributed by atoms with Gasteiger partial charge in [0.05, 0.1) is 26.4 Å². The molecule has 0 unspecified atom stereocenters. The molecule has 0 aliphatic heterocycles. The lowest BCUT2D eigenvalue weighted by atomic mass is 10.0. The van der Waals surface area contributed by atoms with Crippen LogP contribution in [-0.4, -0.2) is 61.5 Å². The van der Waals surface area contributed by atoms with Crippen molar-refractivity contribution in [3.8, 4) is 0 Å². The fourth-order valence-electron chi connectivity index (χ4n) is 3.64. The van der Waals surface area contributed by atoms with Gasteiger partial charge in [-0.15, -0.1) is 0 Å². The Morgan fingerprint density at radius 3 is 1.13 bits per heavy atom. The molecule has 206 valence electrons. The predicted molar refractivity (Wildman–Crippen MR) is 134 cm³/mol. The van der Waals surface area contributed by atoms with Gasteiger partial charge < -0.3 is 28.4 Å². The van der Waals surface area contributed by atoms with Crippen LogP contribution in [0.15, 0.2) is 60.7 Å². The van der Waals surface area contributed by atoms with Crippen molar-refractivity contribution >= 4 is 23.9 Å². The highest BCUT2D eigenvalue weighted by atomic mass is 16.6. The van der Waals surface area contributed by atoms with Gasteiger partial charge in [-0.2, -0.15) is 0 Å². The van der Waals surface area contributed by atoms with Gasteiger partial charge in [-0.1, -0.05) is 60.7 Å². The van der Waals surface area contributed by atoms with Gasteiger partial charge in [0, 0.05) is 27.7 Å². The van der Waals surface area contributed by atoms with Crippen molar-refractivity contribution < 1.29 is 47.6 Å². The van der Waals surface area contributed by atoms with Gasteiger partial charge in [-0.05, 0) is 11.1 Å². The van der Waals surface area contributed by atoms with Crippen LogP contribution in [0.25, 0.3) is 0 Å². The van der Waals surface area contributed by atoms with E-state index in [-0.39, 0.29) is 26.4 Å². The number of ether oxygens (including phenoxy) is 6. The van der Waals surface area contributed by atoms with E-state index in [1.54, 1.807) is 0 Å². The highest BCUT2D eigenvalue weighted by Crippen LogP contribution is 2.21. The summed E-state index contributed by atoms with van der Waals surface area (Å²) in [6.07, 6.45) is -5.14. The van der Waals surface area contributed by atoms with E-state index in [1.165, 1.54) is 13.8 Å². The Morgan fingerprint density at radius 1 is 0.526 bits per heavy atom. The maximum absolute atomic E-state index is 12.1. The molecule has 0 amide bonds. The first-order chi connectivity index (χ1) is 18.2. The zero-order chi connectivity index (χ0) is 27.9. The van der Waals surface area contributed by atoms with Crippen LogP contribution in [0.2, 0.25) is 0 Å². The van der Waals surface area contributed by atoms with E-state index in [0.717, 1.165) is 25.0 Å². The molecular weight excluding hydrogens is 496 g/mol. The molecule has 0 heterocycles. The summed E-state index contributed by atoms with van der Waals surface area (Å²) in [5.74, 6) is -2.83. The topological polar surface area (TPSA) is 124 Å². The van der Waals surface area contributed by atoms with Crippen LogP contribution < -0.4 is 0 Å². The van der Waals surface area contributed by atoms with Gasteiger partial charge in [0.1, 0.15) is 0 Å². The van der Waals surface area contributed by atoms with Crippen LogP contribution >= 0.6 is 0 Å². The molecule has 0 bridgehead atoms. The minimum absolute atomic E-state index is 0.178. The molecular formula is C28H34O10. The Kier molecular flexibility index (Phi) is 13.0. The molecule has 0 aromatic heterocycles. The van der Waals surface area contributed by atoms with E-state index in [0.29, 0.717) is 0 Å². The molecule has 0 saturated carbocycles. The van der Waals surface area contributed by atoms with Crippen LogP contribution in [0.4, 0.5) is 0 Å². The van der Waals surface area contributed by atoms with Crippen molar-refractivity contribution in [2.24, 2.45) is 0 Å². The molecule has 10 heteroatoms. The minimum atomic E-state index is -1.37. The van der Waals surface area contributed by atoms with Crippen LogP contribution in [0.3, 0.4) is 0 Å². The maximum Gasteiger partial charge on any atom is 0.303 e. The van der Waals surface area contributed by atoms with E-state index in [1.807, 2.05) is 60.7 Å². The highest BCUT2D eigenvalue weighted by molar-refractivity contribution is 5.69. The molecule has 0 fully saturated rings. The predicted octanol–water partition coefficient (Wildman–Crippen LogP) is 3.15. The smallest absolute Gasteiger partial charge is 0.303 e. The number of esters is 4. The van der Waals surface area contributed by atoms with E-state index >= 15 is 0 Å². The van der Waals surface area contributed by atoms with Gasteiger partial charge in [-0.3, -0.25) is 19.2 Å². The molecule has 0 N–H and O–H groups in total. The quantitative estimate of drug-likeness (QED) is 0.251. The lowest BCUT2D eigenvalue weighted by Gasteiger charge is -2.35. The molecule has 0 spiro atoms. The van der Waals surface area contributed by atoms with E-state index < -0.39 is 48.3 Å². The summed E-state index contributed by atoms with van der Waals surface area (Å²) in [7, 11) is 0. The average molecular weight is 531 g/mol. The number of carbonyl (C=O) groups excluding carboxylic acids is 4. The van der Waals surface area contributed by atoms with Crippen molar-refractivity contribution in [1.29, 1.82) is 0 Å². The molecule has 2 rings (SSSR count). The first kappa shape index (κ1) is 30.5. The van der Waals surface area contributed by atoms with Crippen LogP contribution in [-0.2, 0) is 60.8 Å². The first-order valence-electron chi connectivity index (χ1n) is 12.1. The molecule has 0 aliphatic rings. The Hall–Kier alpha value is -3.76. The Morgan fingerprint density at radius 2 is 0.842 bits per heavy atom. The van der Waals surface area contributed by atoms with E-state index in [4.69, 9.17) is 28.4 Å². The van der Waals surface area contributed by atoms with Crippen molar-refractivity contribution in [1.82, 2.24) is 0 Å². The van der Waals surface area contributed by atoms with E-state index in [9.17, 15) is 19.2 Å². The van der Waals surface area contributed by atoms with Crippen molar-refractivity contribution in [2.75, 3.05) is 13.2 Å². The van der Waals surface area contributed by atoms with Gasteiger partial charge in [0.25, 0.3) is 0 Å². The van der Waals surface area contributed by atoms with Crippen LogP contribution in [0.5, 0.6) is 0 Å². The lowest BCUT2D eigenvalue weighted by molar-refractivity contribution is -0.206. The number of hydrogen-bond acceptors (Lipinski definition) is 10. The maximum atomic E-state index is 12.1. The normalized spacial score (nSPS) is 13.9. The second-order valence-electron chi connectivity index (χ2n) is 8.45. The number of hydrogen-bond donors (Lipinski definition) is 0. The fourth-order valence-corrected chi connectivity index (χ4v) is 3.64. The third-order valence-corrected chi connectivity index (χ3v) is 5.08. The van der Waals surface area contributed by atoms with Gasteiger partial charge in [0.2, 0.25) is 0 Å². The minimum Gasteiger partial charge on any atom is -0.456 e. The largest absolute Gasteiger partial charge is 0.456 e. The number of rotatable bonds is 15. The van der Waals surface area contributed by atoms with Crippen molar-refractivity contribution in [2.45, 2.75) is 65.3 Å². The molecule has 0 aliphatic carbocycles. The number of carbonyl (C=O) groups is 4. The highest BCUT2D eigenvalue weighted by Gasteiger charge is 2.43. The van der Waals surface area contributed by atoms with Crippen LogP contribution in [0.1, 0.15) is 38.8 Å². The summed E-state index contributed by atoms with van der Waals surface area (Å²) < 4.78 is 33.3. The molecule has 2 aromatic carbocycles. The summed E-state index contributed by atoms with van der Waals surface area (Å²) in [5, 5.41) is 0. The standard InChI is InChI=1S/C28H34O10/c1-19(29)35-25(17-33-15-23-11-7-5-8-12-23)27(37-21(3)31)28(38-22(4)32)26(36-20(2)30)18-34-16-24-13-9-6-10-14-24/h5-14,25-28H,15-18H2,1-4H3/t25-,26+,27-,28-/m1/s1. The number of benzene rings is 2. The summed E-state index contributed by atoms with van der Waals surface area (Å²) >= 11 is 0. The second-order valence-corrected chi connectivity index (χ2v) is 8.45. The lowest BCUT2D eigenvalue weighted by Crippen LogP contribution is -2.54. The van der Waals surface area contributed by atoms with Crippen molar-refractivity contribution in [3.63, 3.8) is 0 Å². The third-order valence-electron chi connectivity index (χ3n) is 5.08. The van der Waals surface area contributed by atoms with Gasteiger partial charge in [0.15, 0.2) is 24.4 Å². The zero-order valence-corrected chi connectivity index (χ0v) is 22.0. The Labute approximate surface area is 222 Å². The third kappa shape index (κ3) is 11.5. The summed E-state index contributed by atoms with van der Waals surface area (Å²) in [6, 6.07) is 18.5. The Balaban J connectivity index is 2.31. The van der Waals surface area contributed by atoms with Crippen molar-refractivity contribution in [3.05, 3.63) is 71.8 Å². The monoisotopic (exact) mass is 530 g/mol. The van der Waals surface area contributed by atoms with Gasteiger partial charge in [-0.25, -0.2) is 0 Å². The molecule has 4 atom stereocenters. The molecule has 10 nitrogen and oxygen atoms in total. The first-order valence-corrected chi connectivity index (χ1v) is 12.1.